The molecule has 2 atom stereocenters. The first-order valence-corrected chi connectivity index (χ1v) is 8.27. The second-order valence-corrected chi connectivity index (χ2v) is 6.31. The molecular weight excluding hydrogens is 304 g/mol. The highest BCUT2D eigenvalue weighted by atomic mass is 16.3. The van der Waals surface area contributed by atoms with Crippen LogP contribution in [0.1, 0.15) is 12.1 Å². The van der Waals surface area contributed by atoms with Crippen LogP contribution in [0.3, 0.4) is 0 Å². The third-order valence-corrected chi connectivity index (χ3v) is 4.52. The predicted molar refractivity (Wildman–Crippen MR) is 94.7 cm³/mol. The number of nitrogens with zero attached hydrogens (tertiary/aromatic N) is 4. The van der Waals surface area contributed by atoms with E-state index in [1.807, 2.05) is 55.3 Å². The lowest BCUT2D eigenvalue weighted by Crippen LogP contribution is -2.45. The lowest BCUT2D eigenvalue weighted by molar-refractivity contribution is 0.0524. The number of anilines is 3. The Morgan fingerprint density at radius 2 is 2.00 bits per heavy atom. The fraction of sp³-hybridized carbons (Fsp3) is 0.444. The van der Waals surface area contributed by atoms with E-state index in [9.17, 15) is 10.2 Å². The van der Waals surface area contributed by atoms with Gasteiger partial charge in [-0.15, -0.1) is 0 Å². The van der Waals surface area contributed by atoms with E-state index in [-0.39, 0.29) is 12.5 Å². The minimum Gasteiger partial charge on any atom is -0.396 e. The molecule has 0 saturated carbocycles. The lowest BCUT2D eigenvalue weighted by Gasteiger charge is -2.36. The maximum Gasteiger partial charge on any atom is 0.231 e. The zero-order valence-corrected chi connectivity index (χ0v) is 14.1. The summed E-state index contributed by atoms with van der Waals surface area (Å²) in [5, 5.41) is 19.4. The number of benzene rings is 1. The summed E-state index contributed by atoms with van der Waals surface area (Å²) in [6, 6.07) is 11.9. The topological polar surface area (TPSA) is 72.7 Å². The van der Waals surface area contributed by atoms with Gasteiger partial charge in [-0.3, -0.25) is 0 Å². The number of aryl methyl sites for hydroxylation is 1. The molecule has 1 aromatic heterocycles. The van der Waals surface area contributed by atoms with Crippen LogP contribution in [0.5, 0.6) is 0 Å². The van der Waals surface area contributed by atoms with Crippen LogP contribution in [-0.2, 0) is 0 Å². The molecule has 1 saturated heterocycles. The summed E-state index contributed by atoms with van der Waals surface area (Å²) in [6.45, 7) is 3.26. The Kier molecular flexibility index (Phi) is 4.97. The quantitative estimate of drug-likeness (QED) is 0.890. The van der Waals surface area contributed by atoms with Gasteiger partial charge in [-0.1, -0.05) is 18.2 Å². The molecule has 2 heterocycles. The minimum absolute atomic E-state index is 0.0154. The molecule has 2 aromatic rings. The molecule has 1 aliphatic rings. The molecule has 1 fully saturated rings. The van der Waals surface area contributed by atoms with Crippen molar-refractivity contribution >= 4 is 17.5 Å². The number of aliphatic hydroxyl groups excluding tert-OH is 2. The molecule has 0 bridgehead atoms. The zero-order valence-electron chi connectivity index (χ0n) is 14.1. The summed E-state index contributed by atoms with van der Waals surface area (Å²) in [5.74, 6) is 1.35. The van der Waals surface area contributed by atoms with Gasteiger partial charge in [0, 0.05) is 43.5 Å². The first-order chi connectivity index (χ1) is 11.6. The van der Waals surface area contributed by atoms with Gasteiger partial charge in [-0.25, -0.2) is 4.98 Å². The van der Waals surface area contributed by atoms with E-state index < -0.39 is 6.10 Å². The van der Waals surface area contributed by atoms with Crippen LogP contribution in [0.25, 0.3) is 0 Å². The Bertz CT molecular complexity index is 680. The molecule has 3 rings (SSSR count). The van der Waals surface area contributed by atoms with Gasteiger partial charge in [0.2, 0.25) is 5.95 Å². The van der Waals surface area contributed by atoms with Crippen LogP contribution in [0.15, 0.2) is 36.4 Å². The second-order valence-electron chi connectivity index (χ2n) is 6.31. The molecule has 128 valence electrons. The molecule has 6 nitrogen and oxygen atoms in total. The van der Waals surface area contributed by atoms with Crippen molar-refractivity contribution in [1.82, 2.24) is 9.97 Å². The summed E-state index contributed by atoms with van der Waals surface area (Å²) >= 11 is 0. The molecule has 2 N–H and O–H groups in total. The van der Waals surface area contributed by atoms with E-state index in [1.165, 1.54) is 0 Å². The van der Waals surface area contributed by atoms with Crippen LogP contribution in [0.2, 0.25) is 0 Å². The van der Waals surface area contributed by atoms with Gasteiger partial charge in [0.15, 0.2) is 0 Å². The van der Waals surface area contributed by atoms with Crippen LogP contribution in [0.4, 0.5) is 17.5 Å². The van der Waals surface area contributed by atoms with Gasteiger partial charge in [-0.2, -0.15) is 4.98 Å². The Hall–Kier alpha value is -2.18. The molecule has 0 radical (unpaired) electrons. The first-order valence-electron chi connectivity index (χ1n) is 8.27. The average Bonchev–Trinajstić information content (AvgIpc) is 2.61. The Morgan fingerprint density at radius 3 is 2.71 bits per heavy atom. The maximum atomic E-state index is 9.95. The van der Waals surface area contributed by atoms with E-state index >= 15 is 0 Å². The van der Waals surface area contributed by atoms with E-state index in [0.717, 1.165) is 23.7 Å². The molecule has 0 spiro atoms. The SMILES string of the molecule is Cc1cc(N2CCC(O)C(CO)C2)nc(N(C)c2ccccc2)n1. The largest absolute Gasteiger partial charge is 0.396 e. The van der Waals surface area contributed by atoms with E-state index in [4.69, 9.17) is 4.98 Å². The standard InChI is InChI=1S/C18H24N4O2/c1-13-10-17(22-9-8-16(24)14(11-22)12-23)20-18(19-13)21(2)15-6-4-3-5-7-15/h3-7,10,14,16,23-24H,8-9,11-12H2,1-2H3. The van der Waals surface area contributed by atoms with Crippen molar-refractivity contribution in [2.24, 2.45) is 5.92 Å². The van der Waals surface area contributed by atoms with Crippen molar-refractivity contribution in [3.63, 3.8) is 0 Å². The van der Waals surface area contributed by atoms with Gasteiger partial charge in [0.05, 0.1) is 12.7 Å². The summed E-state index contributed by atoms with van der Waals surface area (Å²) in [5.41, 5.74) is 1.92. The summed E-state index contributed by atoms with van der Waals surface area (Å²) in [6.07, 6.45) is 0.193. The summed E-state index contributed by atoms with van der Waals surface area (Å²) < 4.78 is 0. The molecule has 1 aliphatic heterocycles. The van der Waals surface area contributed by atoms with Crippen molar-refractivity contribution in [2.45, 2.75) is 19.4 Å². The average molecular weight is 328 g/mol. The fourth-order valence-corrected chi connectivity index (χ4v) is 3.02. The number of aliphatic hydroxyl groups is 2. The second kappa shape index (κ2) is 7.15. The van der Waals surface area contributed by atoms with Gasteiger partial charge in [0.1, 0.15) is 5.82 Å². The van der Waals surface area contributed by atoms with Gasteiger partial charge in [0.25, 0.3) is 0 Å². The van der Waals surface area contributed by atoms with Gasteiger partial charge >= 0.3 is 0 Å². The minimum atomic E-state index is -0.444. The molecule has 6 heteroatoms. The third-order valence-electron chi connectivity index (χ3n) is 4.52. The maximum absolute atomic E-state index is 9.95. The highest BCUT2D eigenvalue weighted by Crippen LogP contribution is 2.26. The Morgan fingerprint density at radius 1 is 1.25 bits per heavy atom. The van der Waals surface area contributed by atoms with E-state index in [2.05, 4.69) is 9.88 Å². The number of para-hydroxylation sites is 1. The molecular formula is C18H24N4O2. The third kappa shape index (κ3) is 3.49. The molecule has 2 unspecified atom stereocenters. The number of hydrogen-bond donors (Lipinski definition) is 2. The van der Waals surface area contributed by atoms with E-state index in [0.29, 0.717) is 18.9 Å². The smallest absolute Gasteiger partial charge is 0.231 e. The molecule has 1 aromatic carbocycles. The predicted octanol–water partition coefficient (Wildman–Crippen LogP) is 1.73. The molecule has 0 aliphatic carbocycles. The van der Waals surface area contributed by atoms with Crippen LogP contribution >= 0.6 is 0 Å². The monoisotopic (exact) mass is 328 g/mol. The van der Waals surface area contributed by atoms with Gasteiger partial charge < -0.3 is 20.0 Å². The zero-order chi connectivity index (χ0) is 17.1. The lowest BCUT2D eigenvalue weighted by atomic mass is 9.95. The van der Waals surface area contributed by atoms with Crippen molar-refractivity contribution in [1.29, 1.82) is 0 Å². The van der Waals surface area contributed by atoms with Gasteiger partial charge in [-0.05, 0) is 25.5 Å². The molecule has 0 amide bonds. The highest BCUT2D eigenvalue weighted by Gasteiger charge is 2.28. The number of hydrogen-bond acceptors (Lipinski definition) is 6. The van der Waals surface area contributed by atoms with Crippen molar-refractivity contribution < 1.29 is 10.2 Å². The fourth-order valence-electron chi connectivity index (χ4n) is 3.02. The summed E-state index contributed by atoms with van der Waals surface area (Å²) in [7, 11) is 1.95. The van der Waals surface area contributed by atoms with Crippen molar-refractivity contribution in [3.05, 3.63) is 42.1 Å². The normalized spacial score (nSPS) is 20.9. The summed E-state index contributed by atoms with van der Waals surface area (Å²) in [4.78, 5) is 13.3. The number of piperidine rings is 1. The van der Waals surface area contributed by atoms with Crippen LogP contribution < -0.4 is 9.80 Å². The number of rotatable bonds is 4. The number of aromatic nitrogens is 2. The van der Waals surface area contributed by atoms with Crippen molar-refractivity contribution in [2.75, 3.05) is 36.5 Å². The highest BCUT2D eigenvalue weighted by molar-refractivity contribution is 5.58. The Labute approximate surface area is 142 Å². The van der Waals surface area contributed by atoms with E-state index in [1.54, 1.807) is 0 Å². The first kappa shape index (κ1) is 16.7. The molecule has 24 heavy (non-hydrogen) atoms. The van der Waals surface area contributed by atoms with Crippen LogP contribution in [-0.4, -0.2) is 53.0 Å². The van der Waals surface area contributed by atoms with Crippen LogP contribution in [0, 0.1) is 12.8 Å². The Balaban J connectivity index is 1.87. The van der Waals surface area contributed by atoms with Crippen molar-refractivity contribution in [3.8, 4) is 0 Å².